The number of carbonyl (C=O) groups is 2. The monoisotopic (exact) mass is 676 g/mol. The number of methoxy groups -OCH3 is 1. The van der Waals surface area contributed by atoms with Gasteiger partial charge in [0.1, 0.15) is 18.1 Å². The SMILES string of the molecule is CCC.COC(=O)NCC(=O)N1CC(C)CC1c1ncc(-c2ccc(-c3ccc(OS(=O)(=O)C(F)(F)F)c4c3C3CCC4C3)cc2)[nH]1. The first-order valence-electron chi connectivity index (χ1n) is 15.7. The summed E-state index contributed by atoms with van der Waals surface area (Å²) in [5.74, 6) is 0.483. The summed E-state index contributed by atoms with van der Waals surface area (Å²) in [6.45, 7) is 6.66. The average molecular weight is 677 g/mol. The Morgan fingerprint density at radius 2 is 1.66 bits per heavy atom. The molecule has 14 heteroatoms. The summed E-state index contributed by atoms with van der Waals surface area (Å²) in [6.07, 6.45) is 5.39. The number of hydrogen-bond donors (Lipinski definition) is 2. The van der Waals surface area contributed by atoms with E-state index >= 15 is 0 Å². The number of aromatic nitrogens is 2. The Kier molecular flexibility index (Phi) is 9.90. The van der Waals surface area contributed by atoms with Gasteiger partial charge in [-0.05, 0) is 71.8 Å². The Morgan fingerprint density at radius 1 is 1.02 bits per heavy atom. The first-order valence-corrected chi connectivity index (χ1v) is 17.1. The average Bonchev–Trinajstić information content (AvgIpc) is 3.84. The molecule has 1 aliphatic heterocycles. The second kappa shape index (κ2) is 13.6. The molecule has 2 heterocycles. The minimum atomic E-state index is -5.78. The molecular formula is C33H39F3N4O6S. The molecule has 4 unspecified atom stereocenters. The van der Waals surface area contributed by atoms with Crippen LogP contribution in [0.15, 0.2) is 42.6 Å². The van der Waals surface area contributed by atoms with E-state index in [4.69, 9.17) is 0 Å². The highest BCUT2D eigenvalue weighted by molar-refractivity contribution is 7.88. The van der Waals surface area contributed by atoms with Crippen LogP contribution in [0.4, 0.5) is 18.0 Å². The van der Waals surface area contributed by atoms with Crippen LogP contribution in [-0.4, -0.2) is 61.0 Å². The number of ether oxygens (including phenoxy) is 1. The highest BCUT2D eigenvalue weighted by Gasteiger charge is 2.50. The van der Waals surface area contributed by atoms with Crippen molar-refractivity contribution < 1.29 is 40.1 Å². The molecular weight excluding hydrogens is 637 g/mol. The van der Waals surface area contributed by atoms with Crippen molar-refractivity contribution in [3.63, 3.8) is 0 Å². The number of imidazole rings is 1. The quantitative estimate of drug-likeness (QED) is 0.203. The van der Waals surface area contributed by atoms with Crippen molar-refractivity contribution in [2.45, 2.75) is 76.3 Å². The van der Waals surface area contributed by atoms with Crippen LogP contribution in [0.1, 0.15) is 87.7 Å². The van der Waals surface area contributed by atoms with E-state index in [9.17, 15) is 31.2 Å². The zero-order valence-corrected chi connectivity index (χ0v) is 27.5. The zero-order valence-electron chi connectivity index (χ0n) is 26.7. The maximum absolute atomic E-state index is 13.1. The first kappa shape index (κ1) is 34.3. The number of likely N-dealkylation sites (tertiary alicyclic amines) is 1. The van der Waals surface area contributed by atoms with E-state index in [1.807, 2.05) is 31.2 Å². The number of benzene rings is 2. The Balaban J connectivity index is 0.00000139. The van der Waals surface area contributed by atoms with Gasteiger partial charge in [0.15, 0.2) is 0 Å². The molecule has 3 aromatic rings. The summed E-state index contributed by atoms with van der Waals surface area (Å²) in [4.78, 5) is 33.8. The fourth-order valence-corrected chi connectivity index (χ4v) is 7.33. The second-order valence-electron chi connectivity index (χ2n) is 12.3. The minimum absolute atomic E-state index is 0.0444. The second-order valence-corrected chi connectivity index (χ2v) is 13.9. The molecule has 4 atom stereocenters. The zero-order chi connectivity index (χ0) is 34.1. The Morgan fingerprint density at radius 3 is 2.30 bits per heavy atom. The molecule has 0 radical (unpaired) electrons. The molecule has 3 aliphatic rings. The molecule has 2 bridgehead atoms. The molecule has 2 N–H and O–H groups in total. The molecule has 1 saturated carbocycles. The fourth-order valence-electron chi connectivity index (χ4n) is 6.86. The number of fused-ring (bicyclic) bond motifs is 5. The van der Waals surface area contributed by atoms with Crippen molar-refractivity contribution >= 4 is 22.1 Å². The predicted molar refractivity (Wildman–Crippen MR) is 169 cm³/mol. The lowest BCUT2D eigenvalue weighted by atomic mass is 9.85. The smallest absolute Gasteiger partial charge is 0.453 e. The van der Waals surface area contributed by atoms with Gasteiger partial charge in [0, 0.05) is 12.1 Å². The van der Waals surface area contributed by atoms with Gasteiger partial charge in [0.05, 0.1) is 25.0 Å². The van der Waals surface area contributed by atoms with Gasteiger partial charge in [-0.15, -0.1) is 0 Å². The maximum Gasteiger partial charge on any atom is 0.534 e. The van der Waals surface area contributed by atoms with Gasteiger partial charge in [0.25, 0.3) is 0 Å². The molecule has 10 nitrogen and oxygen atoms in total. The van der Waals surface area contributed by atoms with Gasteiger partial charge in [-0.2, -0.15) is 21.6 Å². The fraction of sp³-hybridized carbons (Fsp3) is 0.485. The van der Waals surface area contributed by atoms with Crippen LogP contribution >= 0.6 is 0 Å². The molecule has 2 amide bonds. The molecule has 1 aromatic heterocycles. The van der Waals surface area contributed by atoms with E-state index in [2.05, 4.69) is 38.1 Å². The topological polar surface area (TPSA) is 131 Å². The summed E-state index contributed by atoms with van der Waals surface area (Å²) in [5.41, 5.74) is -0.813. The minimum Gasteiger partial charge on any atom is -0.453 e. The molecule has 254 valence electrons. The van der Waals surface area contributed by atoms with Gasteiger partial charge in [-0.25, -0.2) is 9.78 Å². The van der Waals surface area contributed by atoms with Crippen molar-refractivity contribution in [1.82, 2.24) is 20.2 Å². The molecule has 0 spiro atoms. The Bertz CT molecular complexity index is 1720. The highest BCUT2D eigenvalue weighted by Crippen LogP contribution is 2.58. The number of amides is 2. The van der Waals surface area contributed by atoms with E-state index < -0.39 is 21.7 Å². The standard InChI is InChI=1S/C30H31F3N4O6S.C3H8/c1-16-11-23(37(15-16)25(38)14-35-29(39)42-2)28-34-13-22(36-28)18-5-3-17(4-6-18)21-9-10-24(43-44(40,41)30(31,32)33)27-20-8-7-19(12-20)26(21)27;1-3-2/h3-6,9-10,13,16,19-20,23H,7-8,11-12,14-15H2,1-2H3,(H,34,36)(H,35,39);3H2,1-2H3. The van der Waals surface area contributed by atoms with E-state index in [1.165, 1.54) is 19.6 Å². The summed E-state index contributed by atoms with van der Waals surface area (Å²) < 4.78 is 71.9. The third-order valence-electron chi connectivity index (χ3n) is 8.80. The van der Waals surface area contributed by atoms with Gasteiger partial charge < -0.3 is 24.1 Å². The summed E-state index contributed by atoms with van der Waals surface area (Å²) in [6, 6.07) is 10.3. The van der Waals surface area contributed by atoms with Crippen molar-refractivity contribution in [1.29, 1.82) is 0 Å². The van der Waals surface area contributed by atoms with Crippen LogP contribution in [0.5, 0.6) is 5.75 Å². The van der Waals surface area contributed by atoms with Crippen molar-refractivity contribution in [2.75, 3.05) is 20.2 Å². The van der Waals surface area contributed by atoms with Crippen LogP contribution in [0, 0.1) is 5.92 Å². The van der Waals surface area contributed by atoms with Gasteiger partial charge >= 0.3 is 21.7 Å². The van der Waals surface area contributed by atoms with Crippen LogP contribution in [0.3, 0.4) is 0 Å². The molecule has 2 aliphatic carbocycles. The molecule has 2 aromatic carbocycles. The molecule has 47 heavy (non-hydrogen) atoms. The lowest BCUT2D eigenvalue weighted by molar-refractivity contribution is -0.131. The molecule has 1 saturated heterocycles. The van der Waals surface area contributed by atoms with Crippen molar-refractivity contribution in [3.05, 3.63) is 59.5 Å². The summed E-state index contributed by atoms with van der Waals surface area (Å²) >= 11 is 0. The van der Waals surface area contributed by atoms with Gasteiger partial charge in [-0.1, -0.05) is 57.5 Å². The number of nitrogens with one attached hydrogen (secondary N) is 2. The number of halogens is 3. The van der Waals surface area contributed by atoms with E-state index in [1.54, 1.807) is 17.2 Å². The van der Waals surface area contributed by atoms with Crippen LogP contribution in [0.2, 0.25) is 0 Å². The van der Waals surface area contributed by atoms with Crippen LogP contribution in [0.25, 0.3) is 22.4 Å². The van der Waals surface area contributed by atoms with Crippen molar-refractivity contribution in [3.8, 4) is 28.1 Å². The van der Waals surface area contributed by atoms with Crippen LogP contribution in [-0.2, 0) is 19.6 Å². The number of carbonyl (C=O) groups excluding carboxylic acids is 2. The number of alkyl carbamates (subject to hydrolysis) is 1. The van der Waals surface area contributed by atoms with Crippen LogP contribution < -0.4 is 9.50 Å². The lowest BCUT2D eigenvalue weighted by Gasteiger charge is -2.23. The summed E-state index contributed by atoms with van der Waals surface area (Å²) in [7, 11) is -4.55. The molecule has 6 rings (SSSR count). The number of alkyl halides is 3. The summed E-state index contributed by atoms with van der Waals surface area (Å²) in [5, 5.41) is 2.43. The third-order valence-corrected chi connectivity index (χ3v) is 9.76. The van der Waals surface area contributed by atoms with Gasteiger partial charge in [-0.3, -0.25) is 4.79 Å². The largest absolute Gasteiger partial charge is 0.534 e. The predicted octanol–water partition coefficient (Wildman–Crippen LogP) is 7.02. The van der Waals surface area contributed by atoms with E-state index in [0.29, 0.717) is 24.4 Å². The Labute approximate surface area is 272 Å². The number of nitrogens with zero attached hydrogens (tertiary/aromatic N) is 2. The maximum atomic E-state index is 13.1. The van der Waals surface area contributed by atoms with Gasteiger partial charge in [0.2, 0.25) is 5.91 Å². The number of hydrogen-bond acceptors (Lipinski definition) is 7. The number of H-pyrrole nitrogens is 1. The normalized spacial score (nSPS) is 21.6. The number of aromatic amines is 1. The Hall–Kier alpha value is -4.07. The third kappa shape index (κ3) is 6.97. The number of rotatable bonds is 7. The first-order chi connectivity index (χ1) is 22.3. The molecule has 2 fully saturated rings. The highest BCUT2D eigenvalue weighted by atomic mass is 32.2. The lowest BCUT2D eigenvalue weighted by Crippen LogP contribution is -2.40. The van der Waals surface area contributed by atoms with E-state index in [0.717, 1.165) is 47.2 Å². The van der Waals surface area contributed by atoms with E-state index in [-0.39, 0.29) is 42.0 Å². The van der Waals surface area contributed by atoms with Crippen molar-refractivity contribution in [2.24, 2.45) is 5.92 Å².